The summed E-state index contributed by atoms with van der Waals surface area (Å²) >= 11 is 0. The molecule has 2 aliphatic heterocycles. The van der Waals surface area contributed by atoms with Crippen LogP contribution in [0.25, 0.3) is 11.4 Å². The molecule has 2 aromatic heterocycles. The van der Waals surface area contributed by atoms with E-state index in [-0.39, 0.29) is 61.4 Å². The van der Waals surface area contributed by atoms with E-state index < -0.39 is 17.9 Å². The summed E-state index contributed by atoms with van der Waals surface area (Å²) in [4.78, 5) is 40.3. The lowest BCUT2D eigenvalue weighted by Crippen LogP contribution is -2.48. The molecule has 2 aromatic rings. The Labute approximate surface area is 195 Å². The van der Waals surface area contributed by atoms with E-state index in [9.17, 15) is 22.8 Å². The van der Waals surface area contributed by atoms with E-state index in [1.54, 1.807) is 17.0 Å². The molecular formula is C23H27F3N6O2. The first-order chi connectivity index (χ1) is 16.1. The number of halogens is 3. The summed E-state index contributed by atoms with van der Waals surface area (Å²) < 4.78 is 41.2. The first-order valence-corrected chi connectivity index (χ1v) is 11.3. The predicted octanol–water partition coefficient (Wildman–Crippen LogP) is 2.42. The maximum absolute atomic E-state index is 13.7. The van der Waals surface area contributed by atoms with Gasteiger partial charge in [-0.25, -0.2) is 9.97 Å². The number of hydrogen-bond donors (Lipinski definition) is 1. The average molecular weight is 477 g/mol. The Morgan fingerprint density at radius 1 is 1.29 bits per heavy atom. The number of hydrogen-bond acceptors (Lipinski definition) is 6. The third-order valence-corrected chi connectivity index (χ3v) is 6.23. The number of alkyl halides is 3. The first kappa shape index (κ1) is 24.1. The third-order valence-electron chi connectivity index (χ3n) is 6.23. The van der Waals surface area contributed by atoms with Crippen molar-refractivity contribution in [3.05, 3.63) is 41.5 Å². The fourth-order valence-electron chi connectivity index (χ4n) is 4.48. The molecule has 4 heterocycles. The van der Waals surface area contributed by atoms with Crippen molar-refractivity contribution in [2.75, 3.05) is 19.6 Å². The number of piperidine rings is 1. The lowest BCUT2D eigenvalue weighted by molar-refractivity contribution is -0.142. The van der Waals surface area contributed by atoms with Gasteiger partial charge in [0.05, 0.1) is 12.2 Å². The minimum Gasteiger partial charge on any atom is -0.341 e. The number of aromatic nitrogens is 3. The number of rotatable bonds is 5. The van der Waals surface area contributed by atoms with Crippen LogP contribution in [0.2, 0.25) is 0 Å². The van der Waals surface area contributed by atoms with Gasteiger partial charge in [-0.15, -0.1) is 0 Å². The first-order valence-electron chi connectivity index (χ1n) is 11.3. The zero-order valence-electron chi connectivity index (χ0n) is 18.9. The zero-order valence-corrected chi connectivity index (χ0v) is 18.9. The predicted molar refractivity (Wildman–Crippen MR) is 117 cm³/mol. The normalized spacial score (nSPS) is 19.7. The molecule has 2 aliphatic rings. The SMILES string of the molecule is C[C@@H]1CCC(=O)N(C[C@H](N)CC(=O)N2CCc3c(nc(-c4cccnc4)nc3C(F)(F)F)C2)C1. The third kappa shape index (κ3) is 5.35. The molecule has 11 heteroatoms. The summed E-state index contributed by atoms with van der Waals surface area (Å²) in [6.07, 6.45) is -0.411. The van der Waals surface area contributed by atoms with Crippen molar-refractivity contribution in [3.63, 3.8) is 0 Å². The smallest absolute Gasteiger partial charge is 0.341 e. The van der Waals surface area contributed by atoms with Gasteiger partial charge in [-0.3, -0.25) is 14.6 Å². The van der Waals surface area contributed by atoms with Crippen molar-refractivity contribution >= 4 is 11.8 Å². The largest absolute Gasteiger partial charge is 0.433 e. The number of fused-ring (bicyclic) bond motifs is 1. The topological polar surface area (TPSA) is 105 Å². The number of pyridine rings is 1. The second-order valence-corrected chi connectivity index (χ2v) is 9.03. The van der Waals surface area contributed by atoms with Crippen LogP contribution in [0.4, 0.5) is 13.2 Å². The van der Waals surface area contributed by atoms with Gasteiger partial charge in [-0.1, -0.05) is 6.92 Å². The quantitative estimate of drug-likeness (QED) is 0.711. The molecule has 4 rings (SSSR count). The van der Waals surface area contributed by atoms with Gasteiger partial charge in [-0.05, 0) is 30.9 Å². The van der Waals surface area contributed by atoms with Crippen LogP contribution in [-0.2, 0) is 28.7 Å². The van der Waals surface area contributed by atoms with Crippen molar-refractivity contribution < 1.29 is 22.8 Å². The molecule has 1 saturated heterocycles. The molecular weight excluding hydrogens is 449 g/mol. The molecule has 0 radical (unpaired) electrons. The number of nitrogens with two attached hydrogens (primary N) is 1. The summed E-state index contributed by atoms with van der Waals surface area (Å²) in [6.45, 7) is 3.03. The molecule has 34 heavy (non-hydrogen) atoms. The summed E-state index contributed by atoms with van der Waals surface area (Å²) in [5, 5.41) is 0. The Hall–Kier alpha value is -3.08. The van der Waals surface area contributed by atoms with Gasteiger partial charge in [0.25, 0.3) is 0 Å². The van der Waals surface area contributed by atoms with Crippen LogP contribution in [0.5, 0.6) is 0 Å². The average Bonchev–Trinajstić information content (AvgIpc) is 2.80. The van der Waals surface area contributed by atoms with Crippen LogP contribution < -0.4 is 5.73 Å². The maximum Gasteiger partial charge on any atom is 0.433 e. The Kier molecular flexibility index (Phi) is 6.83. The molecule has 182 valence electrons. The van der Waals surface area contributed by atoms with Gasteiger partial charge >= 0.3 is 6.18 Å². The molecule has 2 atom stereocenters. The number of carbonyl (C=O) groups excluding carboxylic acids is 2. The highest BCUT2D eigenvalue weighted by Gasteiger charge is 2.39. The Morgan fingerprint density at radius 3 is 2.79 bits per heavy atom. The van der Waals surface area contributed by atoms with Gasteiger partial charge in [0.1, 0.15) is 0 Å². The van der Waals surface area contributed by atoms with Crippen molar-refractivity contribution in [2.45, 2.75) is 51.4 Å². The number of amides is 2. The molecule has 8 nitrogen and oxygen atoms in total. The molecule has 0 aliphatic carbocycles. The van der Waals surface area contributed by atoms with E-state index in [4.69, 9.17) is 5.73 Å². The molecule has 0 aromatic carbocycles. The Bertz CT molecular complexity index is 1060. The molecule has 0 saturated carbocycles. The lowest BCUT2D eigenvalue weighted by atomic mass is 9.98. The summed E-state index contributed by atoms with van der Waals surface area (Å²) in [6, 6.07) is 2.63. The molecule has 1 fully saturated rings. The van der Waals surface area contributed by atoms with Gasteiger partial charge in [0, 0.05) is 62.0 Å². The Morgan fingerprint density at radius 2 is 2.09 bits per heavy atom. The standard InChI is InChI=1S/C23H27F3N6O2/c1-14-4-5-19(33)32(11-14)12-16(27)9-20(34)31-8-6-17-18(13-31)29-22(15-3-2-7-28-10-15)30-21(17)23(24,25)26/h2-3,7,10,14,16H,4-6,8-9,11-13,27H2,1H3/t14-,16-/m1/s1. The fraction of sp³-hybridized carbons (Fsp3) is 0.522. The van der Waals surface area contributed by atoms with Crippen molar-refractivity contribution in [3.8, 4) is 11.4 Å². The van der Waals surface area contributed by atoms with Gasteiger partial charge in [0.2, 0.25) is 11.8 Å². The fourth-order valence-corrected chi connectivity index (χ4v) is 4.48. The highest BCUT2D eigenvalue weighted by atomic mass is 19.4. The summed E-state index contributed by atoms with van der Waals surface area (Å²) in [5.41, 5.74) is 5.75. The highest BCUT2D eigenvalue weighted by Crippen LogP contribution is 2.35. The highest BCUT2D eigenvalue weighted by molar-refractivity contribution is 5.78. The van der Waals surface area contributed by atoms with Crippen LogP contribution >= 0.6 is 0 Å². The van der Waals surface area contributed by atoms with Crippen LogP contribution in [0, 0.1) is 5.92 Å². The molecule has 0 spiro atoms. The van der Waals surface area contributed by atoms with E-state index in [1.165, 1.54) is 17.3 Å². The van der Waals surface area contributed by atoms with E-state index in [0.29, 0.717) is 24.4 Å². The minimum absolute atomic E-state index is 0.000167. The Balaban J connectivity index is 1.49. The van der Waals surface area contributed by atoms with Crippen LogP contribution in [0.15, 0.2) is 24.5 Å². The van der Waals surface area contributed by atoms with Crippen molar-refractivity contribution in [1.82, 2.24) is 24.8 Å². The summed E-state index contributed by atoms with van der Waals surface area (Å²) in [7, 11) is 0. The van der Waals surface area contributed by atoms with E-state index >= 15 is 0 Å². The van der Waals surface area contributed by atoms with Crippen LogP contribution in [-0.4, -0.2) is 62.2 Å². The zero-order chi connectivity index (χ0) is 24.5. The van der Waals surface area contributed by atoms with Crippen molar-refractivity contribution in [2.24, 2.45) is 11.7 Å². The van der Waals surface area contributed by atoms with Crippen LogP contribution in [0.3, 0.4) is 0 Å². The van der Waals surface area contributed by atoms with Crippen LogP contribution in [0.1, 0.15) is 43.1 Å². The minimum atomic E-state index is -4.64. The van der Waals surface area contributed by atoms with Gasteiger partial charge in [0.15, 0.2) is 11.5 Å². The molecule has 2 amide bonds. The van der Waals surface area contributed by atoms with Gasteiger partial charge in [-0.2, -0.15) is 13.2 Å². The van der Waals surface area contributed by atoms with E-state index in [1.807, 2.05) is 0 Å². The number of carbonyl (C=O) groups is 2. The maximum atomic E-state index is 13.7. The van der Waals surface area contributed by atoms with E-state index in [0.717, 1.165) is 6.42 Å². The molecule has 2 N–H and O–H groups in total. The number of likely N-dealkylation sites (tertiary alicyclic amines) is 1. The monoisotopic (exact) mass is 476 g/mol. The van der Waals surface area contributed by atoms with Gasteiger partial charge < -0.3 is 15.5 Å². The second kappa shape index (κ2) is 9.65. The van der Waals surface area contributed by atoms with E-state index in [2.05, 4.69) is 21.9 Å². The lowest BCUT2D eigenvalue weighted by Gasteiger charge is -2.34. The summed E-state index contributed by atoms with van der Waals surface area (Å²) in [5.74, 6) is 0.0663. The molecule has 0 bridgehead atoms. The second-order valence-electron chi connectivity index (χ2n) is 9.03. The molecule has 0 unspecified atom stereocenters. The number of nitrogens with zero attached hydrogens (tertiary/aromatic N) is 5. The van der Waals surface area contributed by atoms with Crippen molar-refractivity contribution in [1.29, 1.82) is 0 Å².